The van der Waals surface area contributed by atoms with Crippen molar-refractivity contribution in [2.24, 2.45) is 0 Å². The third kappa shape index (κ3) is 3.07. The van der Waals surface area contributed by atoms with Crippen LogP contribution < -0.4 is 10.2 Å². The summed E-state index contributed by atoms with van der Waals surface area (Å²) in [6, 6.07) is 6.55. The van der Waals surface area contributed by atoms with Crippen molar-refractivity contribution in [3.63, 3.8) is 0 Å². The zero-order valence-corrected chi connectivity index (χ0v) is 12.8. The van der Waals surface area contributed by atoms with Gasteiger partial charge in [-0.1, -0.05) is 12.1 Å². The van der Waals surface area contributed by atoms with Crippen LogP contribution in [0.2, 0.25) is 0 Å². The molecule has 0 unspecified atom stereocenters. The van der Waals surface area contributed by atoms with Crippen LogP contribution in [0.25, 0.3) is 0 Å². The highest BCUT2D eigenvalue weighted by atomic mass is 19.2. The van der Waals surface area contributed by atoms with E-state index in [1.807, 2.05) is 0 Å². The zero-order chi connectivity index (χ0) is 18.1. The molecule has 4 nitrogen and oxygen atoms in total. The van der Waals surface area contributed by atoms with Crippen LogP contribution in [0.1, 0.15) is 23.2 Å². The van der Waals surface area contributed by atoms with Crippen molar-refractivity contribution in [1.29, 1.82) is 0 Å². The Morgan fingerprint density at radius 2 is 1.76 bits per heavy atom. The van der Waals surface area contributed by atoms with Gasteiger partial charge in [0, 0.05) is 13.0 Å². The quantitative estimate of drug-likeness (QED) is 0.521. The lowest BCUT2D eigenvalue weighted by Crippen LogP contribution is -2.26. The number of hydrogen-bond acceptors (Lipinski definition) is 2. The molecule has 0 bridgehead atoms. The first-order chi connectivity index (χ1) is 11.9. The minimum absolute atomic E-state index is 0.133. The zero-order valence-electron chi connectivity index (χ0n) is 12.8. The Bertz CT molecular complexity index is 870. The number of anilines is 2. The van der Waals surface area contributed by atoms with Gasteiger partial charge in [-0.25, -0.2) is 17.6 Å². The third-order valence-electron chi connectivity index (χ3n) is 3.86. The van der Waals surface area contributed by atoms with Crippen LogP contribution in [0, 0.1) is 23.3 Å². The van der Waals surface area contributed by atoms with Gasteiger partial charge in [0.05, 0.1) is 16.9 Å². The number of halogens is 4. The molecule has 1 N–H and O–H groups in total. The molecule has 0 aromatic heterocycles. The second-order valence-corrected chi connectivity index (χ2v) is 5.47. The van der Waals surface area contributed by atoms with Gasteiger partial charge in [-0.05, 0) is 24.6 Å². The van der Waals surface area contributed by atoms with Crippen molar-refractivity contribution >= 4 is 23.2 Å². The number of hydrogen-bond donors (Lipinski definition) is 1. The minimum Gasteiger partial charge on any atom is -0.320 e. The summed E-state index contributed by atoms with van der Waals surface area (Å²) in [5.41, 5.74) is -0.409. The van der Waals surface area contributed by atoms with E-state index in [1.54, 1.807) is 18.2 Å². The second-order valence-electron chi connectivity index (χ2n) is 5.47. The van der Waals surface area contributed by atoms with Crippen LogP contribution in [0.15, 0.2) is 30.3 Å². The fourth-order valence-corrected chi connectivity index (χ4v) is 2.65. The highest BCUT2D eigenvalue weighted by Gasteiger charge is 2.26. The number of nitrogens with one attached hydrogen (secondary N) is 1. The van der Waals surface area contributed by atoms with Crippen molar-refractivity contribution < 1.29 is 27.2 Å². The average Bonchev–Trinajstić information content (AvgIpc) is 3.02. The topological polar surface area (TPSA) is 49.4 Å². The van der Waals surface area contributed by atoms with Crippen LogP contribution in [0.4, 0.5) is 28.9 Å². The SMILES string of the molecule is O=C(Nc1ccccc1N1CCCC1=O)c1cc(F)c(F)c(F)c1F. The molecule has 0 aliphatic carbocycles. The molecule has 0 radical (unpaired) electrons. The van der Waals surface area contributed by atoms with E-state index in [9.17, 15) is 27.2 Å². The lowest BCUT2D eigenvalue weighted by Gasteiger charge is -2.20. The van der Waals surface area contributed by atoms with Crippen LogP contribution in [0.5, 0.6) is 0 Å². The van der Waals surface area contributed by atoms with E-state index in [4.69, 9.17) is 0 Å². The number of rotatable bonds is 3. The fraction of sp³-hybridized carbons (Fsp3) is 0.176. The number of amides is 2. The number of benzene rings is 2. The minimum atomic E-state index is -2.06. The summed E-state index contributed by atoms with van der Waals surface area (Å²) in [6.07, 6.45) is 1.02. The average molecular weight is 352 g/mol. The van der Waals surface area contributed by atoms with Crippen molar-refractivity contribution in [2.45, 2.75) is 12.8 Å². The highest BCUT2D eigenvalue weighted by molar-refractivity contribution is 6.08. The van der Waals surface area contributed by atoms with Gasteiger partial charge in [0.15, 0.2) is 23.3 Å². The largest absolute Gasteiger partial charge is 0.320 e. The lowest BCUT2D eigenvalue weighted by atomic mass is 10.1. The maximum Gasteiger partial charge on any atom is 0.258 e. The standard InChI is InChI=1S/C17H12F4N2O2/c18-10-8-9(14(19)16(21)15(10)20)17(25)22-11-4-1-2-5-12(11)23-7-3-6-13(23)24/h1-2,4-5,8H,3,6-7H2,(H,22,25). The Kier molecular flexibility index (Phi) is 4.43. The lowest BCUT2D eigenvalue weighted by molar-refractivity contribution is -0.117. The monoisotopic (exact) mass is 352 g/mol. The number of para-hydroxylation sites is 2. The maximum absolute atomic E-state index is 13.8. The Morgan fingerprint density at radius 3 is 2.44 bits per heavy atom. The molecule has 1 aliphatic heterocycles. The molecule has 2 aromatic rings. The maximum atomic E-state index is 13.8. The van der Waals surface area contributed by atoms with Gasteiger partial charge in [-0.3, -0.25) is 9.59 Å². The van der Waals surface area contributed by atoms with Gasteiger partial charge in [-0.2, -0.15) is 0 Å². The molecule has 25 heavy (non-hydrogen) atoms. The predicted octanol–water partition coefficient (Wildman–Crippen LogP) is 3.62. The molecule has 1 fully saturated rings. The molecular weight excluding hydrogens is 340 g/mol. The molecule has 2 amide bonds. The van der Waals surface area contributed by atoms with Gasteiger partial charge in [0.1, 0.15) is 0 Å². The molecule has 0 atom stereocenters. The van der Waals surface area contributed by atoms with Crippen molar-refractivity contribution in [3.05, 3.63) is 59.2 Å². The first kappa shape index (κ1) is 16.9. The van der Waals surface area contributed by atoms with Gasteiger partial charge in [0.25, 0.3) is 5.91 Å². The summed E-state index contributed by atoms with van der Waals surface area (Å²) in [5, 5.41) is 2.31. The van der Waals surface area contributed by atoms with Crippen LogP contribution in [0.3, 0.4) is 0 Å². The Hall–Kier alpha value is -2.90. The molecule has 1 aliphatic rings. The van der Waals surface area contributed by atoms with Crippen LogP contribution in [-0.2, 0) is 4.79 Å². The first-order valence-corrected chi connectivity index (χ1v) is 7.44. The van der Waals surface area contributed by atoms with Crippen molar-refractivity contribution in [2.75, 3.05) is 16.8 Å². The van der Waals surface area contributed by atoms with E-state index >= 15 is 0 Å². The summed E-state index contributed by atoms with van der Waals surface area (Å²) >= 11 is 0. The third-order valence-corrected chi connectivity index (χ3v) is 3.86. The van der Waals surface area contributed by atoms with E-state index in [0.29, 0.717) is 25.1 Å². The Labute approximate surface area is 140 Å². The van der Waals surface area contributed by atoms with Crippen LogP contribution in [-0.4, -0.2) is 18.4 Å². The summed E-state index contributed by atoms with van der Waals surface area (Å²) in [6.45, 7) is 0.458. The molecule has 2 aromatic carbocycles. The number of carbonyl (C=O) groups excluding carboxylic acids is 2. The summed E-state index contributed by atoms with van der Waals surface area (Å²) in [7, 11) is 0. The van der Waals surface area contributed by atoms with Gasteiger partial charge in [-0.15, -0.1) is 0 Å². The van der Waals surface area contributed by atoms with Gasteiger partial charge >= 0.3 is 0 Å². The molecule has 0 spiro atoms. The summed E-state index contributed by atoms with van der Waals surface area (Å²) < 4.78 is 53.3. The normalized spacial score (nSPS) is 14.1. The molecule has 130 valence electrons. The Balaban J connectivity index is 1.94. The highest BCUT2D eigenvalue weighted by Crippen LogP contribution is 2.30. The van der Waals surface area contributed by atoms with Crippen molar-refractivity contribution in [1.82, 2.24) is 0 Å². The summed E-state index contributed by atoms with van der Waals surface area (Å²) in [4.78, 5) is 25.5. The van der Waals surface area contributed by atoms with Crippen LogP contribution >= 0.6 is 0 Å². The smallest absolute Gasteiger partial charge is 0.258 e. The van der Waals surface area contributed by atoms with E-state index < -0.39 is 34.7 Å². The van der Waals surface area contributed by atoms with E-state index in [0.717, 1.165) is 0 Å². The fourth-order valence-electron chi connectivity index (χ4n) is 2.65. The van der Waals surface area contributed by atoms with Crippen molar-refractivity contribution in [3.8, 4) is 0 Å². The van der Waals surface area contributed by atoms with E-state index in [2.05, 4.69) is 5.32 Å². The van der Waals surface area contributed by atoms with E-state index in [1.165, 1.54) is 11.0 Å². The van der Waals surface area contributed by atoms with Gasteiger partial charge < -0.3 is 10.2 Å². The summed E-state index contributed by atoms with van der Waals surface area (Å²) in [5.74, 6) is -8.80. The molecule has 8 heteroatoms. The predicted molar refractivity (Wildman–Crippen MR) is 82.3 cm³/mol. The molecule has 1 heterocycles. The molecule has 0 saturated carbocycles. The number of carbonyl (C=O) groups is 2. The second kappa shape index (κ2) is 6.54. The Morgan fingerprint density at radius 1 is 1.04 bits per heavy atom. The molecular formula is C17H12F4N2O2. The molecule has 1 saturated heterocycles. The molecule has 3 rings (SSSR count). The van der Waals surface area contributed by atoms with E-state index in [-0.39, 0.29) is 17.7 Å². The first-order valence-electron chi connectivity index (χ1n) is 7.44. The van der Waals surface area contributed by atoms with Gasteiger partial charge in [0.2, 0.25) is 5.91 Å². The number of nitrogens with zero attached hydrogens (tertiary/aromatic N) is 1.